The number of carbonyl (C=O) groups is 1. The van der Waals surface area contributed by atoms with Crippen molar-refractivity contribution in [3.05, 3.63) is 95.8 Å². The van der Waals surface area contributed by atoms with Crippen molar-refractivity contribution >= 4 is 5.91 Å². The Morgan fingerprint density at radius 2 is 1.76 bits per heavy atom. The van der Waals surface area contributed by atoms with E-state index < -0.39 is 0 Å². The first-order chi connectivity index (χ1) is 14.1. The number of benzene rings is 2. The first-order valence-electron chi connectivity index (χ1n) is 9.73. The van der Waals surface area contributed by atoms with Gasteiger partial charge >= 0.3 is 0 Å². The van der Waals surface area contributed by atoms with Crippen molar-refractivity contribution in [1.29, 1.82) is 0 Å². The summed E-state index contributed by atoms with van der Waals surface area (Å²) in [6.07, 6.45) is 2.76. The zero-order chi connectivity index (χ0) is 20.2. The number of hydrogen-bond donors (Lipinski definition) is 1. The fourth-order valence-electron chi connectivity index (χ4n) is 3.33. The number of nitrogens with zero attached hydrogens (tertiary/aromatic N) is 3. The molecule has 4 aromatic rings. The molecule has 2 aromatic heterocycles. The molecule has 0 atom stereocenters. The van der Waals surface area contributed by atoms with Gasteiger partial charge in [-0.3, -0.25) is 4.79 Å². The van der Waals surface area contributed by atoms with Gasteiger partial charge in [-0.25, -0.2) is 4.68 Å². The minimum absolute atomic E-state index is 0.130. The number of aromatic nitrogens is 3. The molecule has 29 heavy (non-hydrogen) atoms. The third kappa shape index (κ3) is 4.14. The highest BCUT2D eigenvalue weighted by atomic mass is 16.2. The Morgan fingerprint density at radius 1 is 1.00 bits per heavy atom. The van der Waals surface area contributed by atoms with Crippen LogP contribution in [0, 0.1) is 6.92 Å². The van der Waals surface area contributed by atoms with Gasteiger partial charge in [-0.2, -0.15) is 5.10 Å². The molecule has 146 valence electrons. The molecule has 1 N–H and O–H groups in total. The summed E-state index contributed by atoms with van der Waals surface area (Å²) in [5, 5.41) is 7.77. The van der Waals surface area contributed by atoms with E-state index in [2.05, 4.69) is 17.4 Å². The number of nitrogens with one attached hydrogen (secondary N) is 1. The topological polar surface area (TPSA) is 51.9 Å². The van der Waals surface area contributed by atoms with E-state index >= 15 is 0 Å². The molecular weight excluding hydrogens is 360 g/mol. The van der Waals surface area contributed by atoms with Crippen LogP contribution in [-0.4, -0.2) is 26.8 Å². The summed E-state index contributed by atoms with van der Waals surface area (Å²) in [6.45, 7) is 2.61. The maximum Gasteiger partial charge on any atom is 0.270 e. The van der Waals surface area contributed by atoms with Gasteiger partial charge in [0.25, 0.3) is 5.91 Å². The van der Waals surface area contributed by atoms with E-state index in [0.29, 0.717) is 12.2 Å². The highest BCUT2D eigenvalue weighted by molar-refractivity contribution is 5.94. The summed E-state index contributed by atoms with van der Waals surface area (Å²) in [5.74, 6) is -0.130. The molecule has 0 radical (unpaired) electrons. The van der Waals surface area contributed by atoms with Crippen LogP contribution < -0.4 is 5.32 Å². The number of carbonyl (C=O) groups excluding carboxylic acids is 1. The number of aryl methyl sites for hydroxylation is 2. The lowest BCUT2D eigenvalue weighted by atomic mass is 10.1. The van der Waals surface area contributed by atoms with Crippen LogP contribution in [0.4, 0.5) is 0 Å². The molecule has 0 saturated carbocycles. The van der Waals surface area contributed by atoms with Gasteiger partial charge in [0.05, 0.1) is 11.4 Å². The first-order valence-corrected chi connectivity index (χ1v) is 9.73. The standard InChI is InChI=1S/C24H24N4O/c1-18-10-12-20(13-11-18)28-23(17-21(26-28)22-9-6-16-27(22)2)24(29)25-15-14-19-7-4-3-5-8-19/h3-13,16-17H,14-15H2,1-2H3,(H,25,29). The van der Waals surface area contributed by atoms with E-state index in [1.165, 1.54) is 5.56 Å². The van der Waals surface area contributed by atoms with Gasteiger partial charge in [0, 0.05) is 19.8 Å². The van der Waals surface area contributed by atoms with Crippen LogP contribution in [0.1, 0.15) is 21.6 Å². The second-order valence-corrected chi connectivity index (χ2v) is 7.16. The molecule has 0 spiro atoms. The Kier molecular flexibility index (Phi) is 5.29. The van der Waals surface area contributed by atoms with Crippen molar-refractivity contribution in [2.45, 2.75) is 13.3 Å². The number of amides is 1. The molecule has 5 heteroatoms. The van der Waals surface area contributed by atoms with Gasteiger partial charge in [-0.1, -0.05) is 48.0 Å². The van der Waals surface area contributed by atoms with Crippen LogP contribution in [0.2, 0.25) is 0 Å². The largest absolute Gasteiger partial charge is 0.350 e. The van der Waals surface area contributed by atoms with Crippen LogP contribution in [0.25, 0.3) is 17.1 Å². The van der Waals surface area contributed by atoms with Crippen LogP contribution in [-0.2, 0) is 13.5 Å². The average Bonchev–Trinajstić information content (AvgIpc) is 3.35. The van der Waals surface area contributed by atoms with E-state index in [1.807, 2.05) is 85.4 Å². The predicted molar refractivity (Wildman–Crippen MR) is 115 cm³/mol. The fourth-order valence-corrected chi connectivity index (χ4v) is 3.33. The van der Waals surface area contributed by atoms with Crippen molar-refractivity contribution in [3.8, 4) is 17.1 Å². The van der Waals surface area contributed by atoms with Gasteiger partial charge < -0.3 is 9.88 Å². The number of hydrogen-bond acceptors (Lipinski definition) is 2. The molecule has 0 saturated heterocycles. The average molecular weight is 384 g/mol. The second kappa shape index (κ2) is 8.19. The Morgan fingerprint density at radius 3 is 2.45 bits per heavy atom. The van der Waals surface area contributed by atoms with Crippen LogP contribution in [0.3, 0.4) is 0 Å². The maximum absolute atomic E-state index is 13.0. The van der Waals surface area contributed by atoms with Gasteiger partial charge in [-0.15, -0.1) is 0 Å². The van der Waals surface area contributed by atoms with Crippen LogP contribution in [0.5, 0.6) is 0 Å². The van der Waals surface area contributed by atoms with E-state index in [4.69, 9.17) is 5.10 Å². The number of rotatable bonds is 6. The monoisotopic (exact) mass is 384 g/mol. The zero-order valence-electron chi connectivity index (χ0n) is 16.7. The maximum atomic E-state index is 13.0. The van der Waals surface area contributed by atoms with Gasteiger partial charge in [0.2, 0.25) is 0 Å². The predicted octanol–water partition coefficient (Wildman–Crippen LogP) is 4.16. The molecule has 4 rings (SSSR count). The van der Waals surface area contributed by atoms with Crippen molar-refractivity contribution in [1.82, 2.24) is 19.7 Å². The summed E-state index contributed by atoms with van der Waals surface area (Å²) in [5.41, 5.74) is 5.49. The second-order valence-electron chi connectivity index (χ2n) is 7.16. The molecule has 2 heterocycles. The zero-order valence-corrected chi connectivity index (χ0v) is 16.7. The molecule has 0 aliphatic carbocycles. The van der Waals surface area contributed by atoms with Crippen molar-refractivity contribution < 1.29 is 4.79 Å². The van der Waals surface area contributed by atoms with Crippen LogP contribution in [0.15, 0.2) is 79.0 Å². The highest BCUT2D eigenvalue weighted by Crippen LogP contribution is 2.22. The third-order valence-electron chi connectivity index (χ3n) is 4.97. The lowest BCUT2D eigenvalue weighted by Crippen LogP contribution is -2.27. The molecule has 0 bridgehead atoms. The molecular formula is C24H24N4O. The lowest BCUT2D eigenvalue weighted by molar-refractivity contribution is 0.0946. The van der Waals surface area contributed by atoms with E-state index in [-0.39, 0.29) is 5.91 Å². The molecule has 0 aliphatic rings. The molecule has 1 amide bonds. The Labute approximate surface area is 170 Å². The first kappa shape index (κ1) is 18.7. The molecule has 0 fully saturated rings. The van der Waals surface area contributed by atoms with Gasteiger partial charge in [0.1, 0.15) is 11.4 Å². The minimum atomic E-state index is -0.130. The van der Waals surface area contributed by atoms with Crippen LogP contribution >= 0.6 is 0 Å². The highest BCUT2D eigenvalue weighted by Gasteiger charge is 2.18. The summed E-state index contributed by atoms with van der Waals surface area (Å²) in [4.78, 5) is 13.0. The van der Waals surface area contributed by atoms with Crippen molar-refractivity contribution in [3.63, 3.8) is 0 Å². The van der Waals surface area contributed by atoms with E-state index in [1.54, 1.807) is 4.68 Å². The normalized spacial score (nSPS) is 10.8. The molecule has 0 aliphatic heterocycles. The van der Waals surface area contributed by atoms with E-state index in [0.717, 1.165) is 29.1 Å². The summed E-state index contributed by atoms with van der Waals surface area (Å²) < 4.78 is 3.72. The molecule has 0 unspecified atom stereocenters. The smallest absolute Gasteiger partial charge is 0.270 e. The van der Waals surface area contributed by atoms with Gasteiger partial charge in [0.15, 0.2) is 0 Å². The summed E-state index contributed by atoms with van der Waals surface area (Å²) in [6, 6.07) is 24.0. The quantitative estimate of drug-likeness (QED) is 0.543. The fraction of sp³-hybridized carbons (Fsp3) is 0.167. The minimum Gasteiger partial charge on any atom is -0.350 e. The summed E-state index contributed by atoms with van der Waals surface area (Å²) >= 11 is 0. The molecule has 2 aromatic carbocycles. The SMILES string of the molecule is Cc1ccc(-n2nc(-c3cccn3C)cc2C(=O)NCCc2ccccc2)cc1. The van der Waals surface area contributed by atoms with Crippen molar-refractivity contribution in [2.75, 3.05) is 6.54 Å². The van der Waals surface area contributed by atoms with Gasteiger partial charge in [-0.05, 0) is 49.2 Å². The Balaban J connectivity index is 1.61. The third-order valence-corrected chi connectivity index (χ3v) is 4.97. The lowest BCUT2D eigenvalue weighted by Gasteiger charge is -2.09. The van der Waals surface area contributed by atoms with E-state index in [9.17, 15) is 4.79 Å². The molecule has 5 nitrogen and oxygen atoms in total. The van der Waals surface area contributed by atoms with Crippen molar-refractivity contribution in [2.24, 2.45) is 7.05 Å². The summed E-state index contributed by atoms with van der Waals surface area (Å²) in [7, 11) is 1.97. The Hall–Kier alpha value is -3.60. The Bertz CT molecular complexity index is 1110.